The minimum absolute atomic E-state index is 0. The van der Waals surface area contributed by atoms with Gasteiger partial charge in [-0.15, -0.1) is 24.0 Å². The first kappa shape index (κ1) is 19.7. The fourth-order valence-corrected chi connectivity index (χ4v) is 2.01. The maximum atomic E-state index is 5.38. The molecule has 1 heterocycles. The second kappa shape index (κ2) is 9.07. The fraction of sp³-hybridized carbons (Fsp3) is 0.500. The molecule has 1 aromatic heterocycles. The van der Waals surface area contributed by atoms with Gasteiger partial charge in [-0.3, -0.25) is 4.99 Å². The Kier molecular flexibility index (Phi) is 7.77. The Morgan fingerprint density at radius 3 is 2.70 bits per heavy atom. The van der Waals surface area contributed by atoms with Crippen molar-refractivity contribution in [1.29, 1.82) is 0 Å². The normalized spacial score (nSPS) is 12.1. The number of imidazole rings is 1. The van der Waals surface area contributed by atoms with E-state index in [1.54, 1.807) is 14.2 Å². The van der Waals surface area contributed by atoms with Gasteiger partial charge in [0.2, 0.25) is 0 Å². The maximum Gasteiger partial charge on any atom is 0.191 e. The number of fused-ring (bicyclic) bond motifs is 1. The molecule has 0 aliphatic rings. The summed E-state index contributed by atoms with van der Waals surface area (Å²) < 4.78 is 5.38. The lowest BCUT2D eigenvalue weighted by Crippen LogP contribution is -2.45. The lowest BCUT2D eigenvalue weighted by molar-refractivity contribution is 0.0268. The number of benzene rings is 1. The predicted octanol–water partition coefficient (Wildman–Crippen LogP) is 2.31. The highest BCUT2D eigenvalue weighted by Gasteiger charge is 2.16. The van der Waals surface area contributed by atoms with Crippen LogP contribution in [0.25, 0.3) is 11.0 Å². The van der Waals surface area contributed by atoms with Crippen molar-refractivity contribution in [1.82, 2.24) is 20.6 Å². The molecule has 0 bridgehead atoms. The van der Waals surface area contributed by atoms with Crippen LogP contribution in [-0.2, 0) is 11.2 Å². The Balaban J connectivity index is 0.00000264. The van der Waals surface area contributed by atoms with E-state index in [0.29, 0.717) is 6.54 Å². The minimum Gasteiger partial charge on any atom is -0.377 e. The van der Waals surface area contributed by atoms with Crippen LogP contribution in [0.1, 0.15) is 19.7 Å². The van der Waals surface area contributed by atoms with Gasteiger partial charge in [0, 0.05) is 33.7 Å². The summed E-state index contributed by atoms with van der Waals surface area (Å²) >= 11 is 0. The van der Waals surface area contributed by atoms with E-state index in [1.165, 1.54) is 0 Å². The van der Waals surface area contributed by atoms with Crippen molar-refractivity contribution >= 4 is 41.0 Å². The average Bonchev–Trinajstić information content (AvgIpc) is 2.93. The summed E-state index contributed by atoms with van der Waals surface area (Å²) in [6, 6.07) is 8.04. The lowest BCUT2D eigenvalue weighted by atomic mass is 10.1. The fourth-order valence-electron chi connectivity index (χ4n) is 2.01. The molecule has 1 aromatic carbocycles. The Morgan fingerprint density at radius 2 is 2.04 bits per heavy atom. The van der Waals surface area contributed by atoms with Gasteiger partial charge < -0.3 is 20.4 Å². The molecule has 0 saturated heterocycles. The van der Waals surface area contributed by atoms with Gasteiger partial charge in [0.15, 0.2) is 5.96 Å². The molecule has 0 aliphatic carbocycles. The third-order valence-corrected chi connectivity index (χ3v) is 3.55. The van der Waals surface area contributed by atoms with Crippen molar-refractivity contribution in [2.24, 2.45) is 4.99 Å². The van der Waals surface area contributed by atoms with E-state index in [9.17, 15) is 0 Å². The monoisotopic (exact) mass is 431 g/mol. The van der Waals surface area contributed by atoms with Crippen LogP contribution in [0.4, 0.5) is 0 Å². The zero-order chi connectivity index (χ0) is 16.0. The molecule has 0 saturated carbocycles. The van der Waals surface area contributed by atoms with Gasteiger partial charge in [0.05, 0.1) is 16.6 Å². The van der Waals surface area contributed by atoms with Crippen molar-refractivity contribution in [2.75, 3.05) is 27.2 Å². The molecule has 0 unspecified atom stereocenters. The number of halogens is 1. The smallest absolute Gasteiger partial charge is 0.191 e. The Labute approximate surface area is 154 Å². The summed E-state index contributed by atoms with van der Waals surface area (Å²) in [4.78, 5) is 12.1. The highest BCUT2D eigenvalue weighted by Crippen LogP contribution is 2.10. The van der Waals surface area contributed by atoms with E-state index in [-0.39, 0.29) is 29.6 Å². The second-order valence-corrected chi connectivity index (χ2v) is 5.77. The van der Waals surface area contributed by atoms with E-state index >= 15 is 0 Å². The van der Waals surface area contributed by atoms with Crippen molar-refractivity contribution in [3.05, 3.63) is 30.1 Å². The van der Waals surface area contributed by atoms with Crippen LogP contribution in [0.3, 0.4) is 0 Å². The zero-order valence-electron chi connectivity index (χ0n) is 14.1. The molecule has 128 valence electrons. The summed E-state index contributed by atoms with van der Waals surface area (Å²) in [6.07, 6.45) is 0.809. The lowest BCUT2D eigenvalue weighted by Gasteiger charge is -2.24. The Hall–Kier alpha value is -1.35. The van der Waals surface area contributed by atoms with E-state index in [2.05, 4.69) is 25.6 Å². The number of aliphatic imine (C=N–C) groups is 1. The van der Waals surface area contributed by atoms with E-state index < -0.39 is 0 Å². The standard InChI is InChI=1S/C16H25N5O.HI/c1-16(2,22-4)11-19-15(17-3)18-10-9-14-20-12-7-5-6-8-13(12)21-14;/h5-8H,9-11H2,1-4H3,(H,20,21)(H2,17,18,19);1H. The molecule has 6 nitrogen and oxygen atoms in total. The van der Waals surface area contributed by atoms with E-state index in [0.717, 1.165) is 35.8 Å². The number of rotatable bonds is 6. The molecule has 0 spiro atoms. The topological polar surface area (TPSA) is 74.3 Å². The van der Waals surface area contributed by atoms with Crippen molar-refractivity contribution < 1.29 is 4.74 Å². The van der Waals surface area contributed by atoms with Crippen molar-refractivity contribution in [2.45, 2.75) is 25.9 Å². The molecule has 0 atom stereocenters. The van der Waals surface area contributed by atoms with E-state index in [1.807, 2.05) is 38.1 Å². The molecule has 2 aromatic rings. The number of H-pyrrole nitrogens is 1. The first-order chi connectivity index (χ1) is 10.5. The molecule has 0 fully saturated rings. The summed E-state index contributed by atoms with van der Waals surface area (Å²) in [5, 5.41) is 6.54. The van der Waals surface area contributed by atoms with Crippen LogP contribution in [0, 0.1) is 0 Å². The Bertz CT molecular complexity index is 605. The average molecular weight is 431 g/mol. The van der Waals surface area contributed by atoms with Crippen LogP contribution in [0.5, 0.6) is 0 Å². The van der Waals surface area contributed by atoms with Crippen LogP contribution < -0.4 is 10.6 Å². The van der Waals surface area contributed by atoms with Crippen LogP contribution in [0.15, 0.2) is 29.3 Å². The largest absolute Gasteiger partial charge is 0.377 e. The third-order valence-electron chi connectivity index (χ3n) is 3.55. The van der Waals surface area contributed by atoms with Crippen LogP contribution >= 0.6 is 24.0 Å². The number of nitrogens with one attached hydrogen (secondary N) is 3. The van der Waals surface area contributed by atoms with Crippen molar-refractivity contribution in [3.8, 4) is 0 Å². The quantitative estimate of drug-likeness (QED) is 0.373. The van der Waals surface area contributed by atoms with Crippen LogP contribution in [-0.4, -0.2) is 48.8 Å². The van der Waals surface area contributed by atoms with Crippen molar-refractivity contribution in [3.63, 3.8) is 0 Å². The number of para-hydroxylation sites is 2. The number of aromatic amines is 1. The van der Waals surface area contributed by atoms with Gasteiger partial charge in [-0.2, -0.15) is 0 Å². The molecule has 7 heteroatoms. The van der Waals surface area contributed by atoms with Gasteiger partial charge >= 0.3 is 0 Å². The molecule has 3 N–H and O–H groups in total. The third kappa shape index (κ3) is 5.98. The molecular weight excluding hydrogens is 405 g/mol. The SMILES string of the molecule is CN=C(NCCc1nc2ccccc2[nH]1)NCC(C)(C)OC.I. The summed E-state index contributed by atoms with van der Waals surface area (Å²) in [7, 11) is 3.47. The predicted molar refractivity (Wildman–Crippen MR) is 106 cm³/mol. The number of guanidine groups is 1. The number of hydrogen-bond acceptors (Lipinski definition) is 3. The van der Waals surface area contributed by atoms with Crippen LogP contribution in [0.2, 0.25) is 0 Å². The molecule has 2 rings (SSSR count). The molecular formula is C16H26IN5O. The van der Waals surface area contributed by atoms with Gasteiger partial charge in [-0.25, -0.2) is 4.98 Å². The molecule has 23 heavy (non-hydrogen) atoms. The highest BCUT2D eigenvalue weighted by molar-refractivity contribution is 14.0. The van der Waals surface area contributed by atoms with Gasteiger partial charge in [-0.05, 0) is 26.0 Å². The number of aromatic nitrogens is 2. The van der Waals surface area contributed by atoms with Gasteiger partial charge in [0.25, 0.3) is 0 Å². The number of nitrogens with zero attached hydrogens (tertiary/aromatic N) is 2. The van der Waals surface area contributed by atoms with E-state index in [4.69, 9.17) is 4.74 Å². The first-order valence-corrected chi connectivity index (χ1v) is 7.47. The first-order valence-electron chi connectivity index (χ1n) is 7.47. The minimum atomic E-state index is -0.226. The summed E-state index contributed by atoms with van der Waals surface area (Å²) in [6.45, 7) is 5.50. The molecule has 0 radical (unpaired) electrons. The summed E-state index contributed by atoms with van der Waals surface area (Å²) in [5.41, 5.74) is 1.85. The van der Waals surface area contributed by atoms with Gasteiger partial charge in [0.1, 0.15) is 5.82 Å². The number of ether oxygens (including phenoxy) is 1. The summed E-state index contributed by atoms with van der Waals surface area (Å²) in [5.74, 6) is 1.74. The highest BCUT2D eigenvalue weighted by atomic mass is 127. The second-order valence-electron chi connectivity index (χ2n) is 5.77. The maximum absolute atomic E-state index is 5.38. The number of methoxy groups -OCH3 is 1. The zero-order valence-corrected chi connectivity index (χ0v) is 16.5. The Morgan fingerprint density at radius 1 is 1.30 bits per heavy atom. The molecule has 0 aliphatic heterocycles. The van der Waals surface area contributed by atoms with Gasteiger partial charge in [-0.1, -0.05) is 12.1 Å². The molecule has 0 amide bonds. The number of hydrogen-bond donors (Lipinski definition) is 3.